The van der Waals surface area contributed by atoms with Crippen LogP contribution in [0.25, 0.3) is 0 Å². The van der Waals surface area contributed by atoms with Crippen LogP contribution >= 0.6 is 11.6 Å². The topological polar surface area (TPSA) is 95.5 Å². The molecule has 1 rings (SSSR count). The summed E-state index contributed by atoms with van der Waals surface area (Å²) in [6, 6.07) is 4.04. The fourth-order valence-electron chi connectivity index (χ4n) is 1.68. The molecular weight excluding hydrogens is 308 g/mol. The average Bonchev–Trinajstić information content (AvgIpc) is 2.39. The third-order valence-corrected chi connectivity index (χ3v) is 3.19. The van der Waals surface area contributed by atoms with Crippen LogP contribution in [0.15, 0.2) is 18.2 Å². The lowest BCUT2D eigenvalue weighted by molar-refractivity contribution is -0.137. The van der Waals surface area contributed by atoms with Gasteiger partial charge in [-0.1, -0.05) is 25.4 Å². The molecule has 7 heteroatoms. The van der Waals surface area contributed by atoms with Crippen LogP contribution in [-0.4, -0.2) is 28.9 Å². The maximum atomic E-state index is 12.1. The van der Waals surface area contributed by atoms with E-state index < -0.39 is 17.9 Å². The summed E-state index contributed by atoms with van der Waals surface area (Å²) >= 11 is 5.99. The third kappa shape index (κ3) is 5.37. The second kappa shape index (κ2) is 7.79. The van der Waals surface area contributed by atoms with Crippen molar-refractivity contribution in [2.24, 2.45) is 5.92 Å². The Bertz CT molecular complexity index is 587. The van der Waals surface area contributed by atoms with Gasteiger partial charge in [0.15, 0.2) is 0 Å². The molecule has 0 aliphatic heterocycles. The Morgan fingerprint density at radius 1 is 1.23 bits per heavy atom. The molecule has 0 aliphatic carbocycles. The molecule has 0 saturated carbocycles. The number of hydrogen-bond donors (Lipinski definition) is 3. The van der Waals surface area contributed by atoms with Gasteiger partial charge in [0.25, 0.3) is 5.91 Å². The average molecular weight is 327 g/mol. The van der Waals surface area contributed by atoms with Crippen molar-refractivity contribution in [3.63, 3.8) is 0 Å². The number of halogens is 1. The predicted molar refractivity (Wildman–Crippen MR) is 84.1 cm³/mol. The molecule has 6 nitrogen and oxygen atoms in total. The van der Waals surface area contributed by atoms with Crippen molar-refractivity contribution >= 4 is 35.1 Å². The molecule has 1 aromatic carbocycles. The Balaban J connectivity index is 2.87. The van der Waals surface area contributed by atoms with Crippen LogP contribution in [0, 0.1) is 5.92 Å². The second-order valence-electron chi connectivity index (χ2n) is 5.31. The summed E-state index contributed by atoms with van der Waals surface area (Å²) in [7, 11) is 0. The van der Waals surface area contributed by atoms with Gasteiger partial charge >= 0.3 is 5.97 Å². The largest absolute Gasteiger partial charge is 0.481 e. The number of carboxylic acids is 1. The molecule has 22 heavy (non-hydrogen) atoms. The van der Waals surface area contributed by atoms with E-state index in [1.165, 1.54) is 12.1 Å². The van der Waals surface area contributed by atoms with Gasteiger partial charge in [0.2, 0.25) is 5.91 Å². The highest BCUT2D eigenvalue weighted by Crippen LogP contribution is 2.21. The summed E-state index contributed by atoms with van der Waals surface area (Å²) in [4.78, 5) is 34.4. The highest BCUT2D eigenvalue weighted by atomic mass is 35.5. The fourth-order valence-corrected chi connectivity index (χ4v) is 1.88. The van der Waals surface area contributed by atoms with Gasteiger partial charge in [-0.05, 0) is 25.1 Å². The first-order chi connectivity index (χ1) is 10.2. The van der Waals surface area contributed by atoms with Crippen LogP contribution in [0.5, 0.6) is 0 Å². The van der Waals surface area contributed by atoms with Crippen molar-refractivity contribution in [3.8, 4) is 0 Å². The lowest BCUT2D eigenvalue weighted by Crippen LogP contribution is -2.34. The van der Waals surface area contributed by atoms with Crippen LogP contribution in [0.1, 0.15) is 37.6 Å². The zero-order valence-corrected chi connectivity index (χ0v) is 13.4. The summed E-state index contributed by atoms with van der Waals surface area (Å²) in [5.74, 6) is -1.85. The van der Waals surface area contributed by atoms with Crippen LogP contribution in [0.4, 0.5) is 5.69 Å². The number of carboxylic acid groups (broad SMARTS) is 1. The number of rotatable bonds is 6. The van der Waals surface area contributed by atoms with Crippen LogP contribution < -0.4 is 10.6 Å². The molecule has 1 aromatic rings. The maximum Gasteiger partial charge on any atom is 0.305 e. The summed E-state index contributed by atoms with van der Waals surface area (Å²) in [5.41, 5.74) is 0.639. The Kier molecular flexibility index (Phi) is 6.37. The smallest absolute Gasteiger partial charge is 0.305 e. The quantitative estimate of drug-likeness (QED) is 0.748. The molecule has 0 unspecified atom stereocenters. The van der Waals surface area contributed by atoms with Crippen molar-refractivity contribution in [2.45, 2.75) is 33.2 Å². The van der Waals surface area contributed by atoms with Crippen molar-refractivity contribution in [1.29, 1.82) is 0 Å². The predicted octanol–water partition coefficient (Wildman–Crippen LogP) is 2.53. The molecule has 0 aromatic heterocycles. The van der Waals surface area contributed by atoms with Gasteiger partial charge in [-0.2, -0.15) is 0 Å². The van der Waals surface area contributed by atoms with Gasteiger partial charge < -0.3 is 15.7 Å². The van der Waals surface area contributed by atoms with Gasteiger partial charge in [0.1, 0.15) is 0 Å². The molecule has 3 N–H and O–H groups in total. The normalized spacial score (nSPS) is 11.9. The van der Waals surface area contributed by atoms with Gasteiger partial charge in [-0.25, -0.2) is 0 Å². The van der Waals surface area contributed by atoms with Crippen molar-refractivity contribution in [3.05, 3.63) is 28.8 Å². The summed E-state index contributed by atoms with van der Waals surface area (Å²) < 4.78 is 0. The molecule has 0 fully saturated rings. The van der Waals surface area contributed by atoms with Gasteiger partial charge in [0.05, 0.1) is 17.0 Å². The number of amides is 2. The number of nitrogens with one attached hydrogen (secondary N) is 2. The molecule has 0 saturated heterocycles. The minimum Gasteiger partial charge on any atom is -0.481 e. The molecule has 0 spiro atoms. The molecule has 1 atom stereocenters. The molecule has 0 heterocycles. The second-order valence-corrected chi connectivity index (χ2v) is 5.72. The Morgan fingerprint density at radius 2 is 1.86 bits per heavy atom. The lowest BCUT2D eigenvalue weighted by Gasteiger charge is -2.14. The number of anilines is 1. The number of hydrogen-bond acceptors (Lipinski definition) is 3. The third-order valence-electron chi connectivity index (χ3n) is 2.86. The monoisotopic (exact) mass is 326 g/mol. The van der Waals surface area contributed by atoms with E-state index in [1.807, 2.05) is 0 Å². The molecule has 0 bridgehead atoms. The molecule has 0 radical (unpaired) electrons. The van der Waals surface area contributed by atoms with Crippen molar-refractivity contribution in [1.82, 2.24) is 5.32 Å². The van der Waals surface area contributed by atoms with Crippen LogP contribution in [0.2, 0.25) is 5.02 Å². The lowest BCUT2D eigenvalue weighted by atomic mass is 10.1. The first-order valence-corrected chi connectivity index (χ1v) is 7.21. The van der Waals surface area contributed by atoms with E-state index in [-0.39, 0.29) is 28.8 Å². The van der Waals surface area contributed by atoms with E-state index in [0.717, 1.165) is 0 Å². The highest BCUT2D eigenvalue weighted by Gasteiger charge is 2.16. The summed E-state index contributed by atoms with van der Waals surface area (Å²) in [6.07, 6.45) is -0.187. The first kappa shape index (κ1) is 18.0. The van der Waals surface area contributed by atoms with Gasteiger partial charge in [-0.15, -0.1) is 0 Å². The number of aliphatic carboxylic acids is 1. The van der Waals surface area contributed by atoms with Crippen molar-refractivity contribution in [2.75, 3.05) is 5.32 Å². The molecule has 0 aliphatic rings. The number of carbonyl (C=O) groups is 3. The zero-order valence-electron chi connectivity index (χ0n) is 12.6. The Morgan fingerprint density at radius 3 is 2.41 bits per heavy atom. The minimum absolute atomic E-state index is 0.173. The van der Waals surface area contributed by atoms with E-state index in [4.69, 9.17) is 16.7 Å². The van der Waals surface area contributed by atoms with Crippen molar-refractivity contribution < 1.29 is 19.5 Å². The van der Waals surface area contributed by atoms with Gasteiger partial charge in [0, 0.05) is 17.6 Å². The Labute approximate surface area is 133 Å². The van der Waals surface area contributed by atoms with E-state index in [0.29, 0.717) is 5.69 Å². The summed E-state index contributed by atoms with van der Waals surface area (Å²) in [6.45, 7) is 5.10. The van der Waals surface area contributed by atoms with E-state index >= 15 is 0 Å². The van der Waals surface area contributed by atoms with E-state index in [9.17, 15) is 14.4 Å². The van der Waals surface area contributed by atoms with Crippen LogP contribution in [-0.2, 0) is 9.59 Å². The maximum absolute atomic E-state index is 12.1. The first-order valence-electron chi connectivity index (χ1n) is 6.83. The van der Waals surface area contributed by atoms with E-state index in [1.54, 1.807) is 26.8 Å². The fraction of sp³-hybridized carbons (Fsp3) is 0.400. The minimum atomic E-state index is -1.00. The summed E-state index contributed by atoms with van der Waals surface area (Å²) in [5, 5.41) is 14.1. The van der Waals surface area contributed by atoms with Gasteiger partial charge in [-0.3, -0.25) is 14.4 Å². The van der Waals surface area contributed by atoms with E-state index in [2.05, 4.69) is 10.6 Å². The number of benzene rings is 1. The van der Waals surface area contributed by atoms with Crippen LogP contribution in [0.3, 0.4) is 0 Å². The zero-order chi connectivity index (χ0) is 16.9. The molecule has 120 valence electrons. The number of carbonyl (C=O) groups excluding carboxylic acids is 2. The standard InChI is InChI=1S/C15H19ClN2O4/c1-8(2)14(21)18-10-4-5-12(16)11(7-10)15(22)17-9(3)6-13(19)20/h4-5,7-9H,6H2,1-3H3,(H,17,22)(H,18,21)(H,19,20)/t9-/m0/s1. The SMILES string of the molecule is CC(C)C(=O)Nc1ccc(Cl)c(C(=O)N[C@@H](C)CC(=O)O)c1. The molecule has 2 amide bonds. The molecular formula is C15H19ClN2O4. The highest BCUT2D eigenvalue weighted by molar-refractivity contribution is 6.34. The Hall–Kier alpha value is -2.08.